The van der Waals surface area contributed by atoms with E-state index in [1.807, 2.05) is 13.0 Å². The SMILES string of the molecule is C[C@H]1Cc2cc(-c3cc(Cl)ccc3-n3cc(Cl)nn3)cc(=O)n2[C@@H]1c1nc(F)c(-c2ccc3c(N)noc3c2)[nH]1. The van der Waals surface area contributed by atoms with Gasteiger partial charge >= 0.3 is 0 Å². The highest BCUT2D eigenvalue weighted by molar-refractivity contribution is 6.31. The zero-order valence-electron chi connectivity index (χ0n) is 20.8. The summed E-state index contributed by atoms with van der Waals surface area (Å²) in [6.07, 6.45) is 2.16. The van der Waals surface area contributed by atoms with Crippen LogP contribution in [0.4, 0.5) is 10.2 Å². The first-order chi connectivity index (χ1) is 19.3. The molecule has 0 bridgehead atoms. The molecule has 0 radical (unpaired) electrons. The van der Waals surface area contributed by atoms with Crippen LogP contribution in [0.3, 0.4) is 0 Å². The van der Waals surface area contributed by atoms with Crippen molar-refractivity contribution in [2.24, 2.45) is 5.92 Å². The van der Waals surface area contributed by atoms with E-state index in [0.717, 1.165) is 5.69 Å². The summed E-state index contributed by atoms with van der Waals surface area (Å²) < 4.78 is 23.6. The lowest BCUT2D eigenvalue weighted by atomic mass is 10.0. The van der Waals surface area contributed by atoms with Gasteiger partial charge < -0.3 is 19.8 Å². The minimum absolute atomic E-state index is 0.0362. The number of nitrogens with two attached hydrogens (primary N) is 1. The molecular weight excluding hydrogens is 558 g/mol. The van der Waals surface area contributed by atoms with Gasteiger partial charge in [0.05, 0.1) is 23.3 Å². The number of aromatic nitrogens is 7. The molecule has 40 heavy (non-hydrogen) atoms. The number of hydrogen-bond acceptors (Lipinski definition) is 7. The summed E-state index contributed by atoms with van der Waals surface area (Å²) in [6, 6.07) is 13.3. The monoisotopic (exact) mass is 576 g/mol. The molecule has 0 spiro atoms. The van der Waals surface area contributed by atoms with Crippen molar-refractivity contribution in [1.29, 1.82) is 0 Å². The van der Waals surface area contributed by atoms with Gasteiger partial charge in [0.1, 0.15) is 11.5 Å². The van der Waals surface area contributed by atoms with E-state index in [1.165, 1.54) is 10.7 Å². The molecule has 1 aliphatic rings. The Balaban J connectivity index is 1.30. The molecule has 10 nitrogen and oxygen atoms in total. The minimum atomic E-state index is -0.679. The van der Waals surface area contributed by atoms with Crippen LogP contribution in [-0.4, -0.2) is 34.7 Å². The maximum absolute atomic E-state index is 15.2. The van der Waals surface area contributed by atoms with Gasteiger partial charge in [-0.25, -0.2) is 9.67 Å². The van der Waals surface area contributed by atoms with Gasteiger partial charge in [-0.2, -0.15) is 4.39 Å². The summed E-state index contributed by atoms with van der Waals surface area (Å²) in [4.78, 5) is 20.9. The van der Waals surface area contributed by atoms with Gasteiger partial charge in [-0.1, -0.05) is 46.6 Å². The van der Waals surface area contributed by atoms with E-state index in [9.17, 15) is 4.79 Å². The van der Waals surface area contributed by atoms with Crippen molar-refractivity contribution in [3.8, 4) is 28.1 Å². The van der Waals surface area contributed by atoms with Crippen molar-refractivity contribution < 1.29 is 8.91 Å². The third-order valence-electron chi connectivity index (χ3n) is 7.22. The lowest BCUT2D eigenvalue weighted by Crippen LogP contribution is -2.26. The largest absolute Gasteiger partial charge is 0.380 e. The predicted molar refractivity (Wildman–Crippen MR) is 148 cm³/mol. The third-order valence-corrected chi connectivity index (χ3v) is 7.63. The summed E-state index contributed by atoms with van der Waals surface area (Å²) in [7, 11) is 0. The van der Waals surface area contributed by atoms with Gasteiger partial charge in [0.25, 0.3) is 5.56 Å². The van der Waals surface area contributed by atoms with E-state index in [4.69, 9.17) is 33.5 Å². The second-order valence-electron chi connectivity index (χ2n) is 9.78. The average Bonchev–Trinajstić information content (AvgIpc) is 3.69. The number of fused-ring (bicyclic) bond motifs is 2. The van der Waals surface area contributed by atoms with Gasteiger partial charge in [0.2, 0.25) is 5.95 Å². The number of imidazole rings is 1. The van der Waals surface area contributed by atoms with Gasteiger partial charge in [0.15, 0.2) is 16.6 Å². The molecule has 3 N–H and O–H groups in total. The summed E-state index contributed by atoms with van der Waals surface area (Å²) in [5, 5.41) is 13.0. The highest BCUT2D eigenvalue weighted by Gasteiger charge is 2.35. The molecule has 2 aromatic carbocycles. The van der Waals surface area contributed by atoms with Crippen LogP contribution in [0.1, 0.15) is 24.5 Å². The number of aromatic amines is 1. The van der Waals surface area contributed by atoms with Crippen LogP contribution >= 0.6 is 23.2 Å². The van der Waals surface area contributed by atoms with E-state index in [1.54, 1.807) is 47.2 Å². The molecule has 0 saturated carbocycles. The number of anilines is 1. The number of hydrogen-bond donors (Lipinski definition) is 2. The van der Waals surface area contributed by atoms with Crippen LogP contribution in [-0.2, 0) is 6.42 Å². The molecule has 0 amide bonds. The van der Waals surface area contributed by atoms with E-state index in [-0.39, 0.29) is 28.1 Å². The molecule has 13 heteroatoms. The maximum Gasteiger partial charge on any atom is 0.252 e. The van der Waals surface area contributed by atoms with E-state index in [0.29, 0.717) is 50.6 Å². The molecule has 6 aromatic rings. The molecule has 5 heterocycles. The summed E-state index contributed by atoms with van der Waals surface area (Å²) in [5.41, 5.74) is 9.51. The van der Waals surface area contributed by atoms with Crippen LogP contribution in [0, 0.1) is 11.9 Å². The first kappa shape index (κ1) is 24.6. The van der Waals surface area contributed by atoms with Crippen molar-refractivity contribution >= 4 is 40.0 Å². The van der Waals surface area contributed by atoms with Crippen molar-refractivity contribution in [2.75, 3.05) is 5.73 Å². The number of benzene rings is 2. The Labute approximate surface area is 235 Å². The first-order valence-corrected chi connectivity index (χ1v) is 13.1. The fraction of sp³-hybridized carbons (Fsp3) is 0.148. The second kappa shape index (κ2) is 9.04. The fourth-order valence-corrected chi connectivity index (χ4v) is 5.76. The van der Waals surface area contributed by atoms with Gasteiger partial charge in [-0.3, -0.25) is 4.79 Å². The first-order valence-electron chi connectivity index (χ1n) is 12.3. The highest BCUT2D eigenvalue weighted by atomic mass is 35.5. The van der Waals surface area contributed by atoms with Crippen molar-refractivity contribution in [2.45, 2.75) is 19.4 Å². The number of nitrogens with one attached hydrogen (secondary N) is 1. The molecule has 0 fully saturated rings. The Hall–Kier alpha value is -4.48. The molecule has 7 rings (SSSR count). The number of H-pyrrole nitrogens is 1. The van der Waals surface area contributed by atoms with E-state index >= 15 is 4.39 Å². The summed E-state index contributed by atoms with van der Waals surface area (Å²) in [5.74, 6) is -0.100. The van der Waals surface area contributed by atoms with Crippen LogP contribution < -0.4 is 11.3 Å². The number of nitrogen functional groups attached to an aromatic ring is 1. The molecule has 0 saturated heterocycles. The number of halogens is 3. The summed E-state index contributed by atoms with van der Waals surface area (Å²) >= 11 is 12.3. The molecule has 200 valence electrons. The van der Waals surface area contributed by atoms with Crippen LogP contribution in [0.2, 0.25) is 10.2 Å². The zero-order chi connectivity index (χ0) is 27.7. The molecule has 1 aliphatic heterocycles. The van der Waals surface area contributed by atoms with Gasteiger partial charge in [0, 0.05) is 27.9 Å². The van der Waals surface area contributed by atoms with Crippen molar-refractivity contribution in [3.05, 3.63) is 92.7 Å². The Morgan fingerprint density at radius 2 is 1.98 bits per heavy atom. The number of nitrogens with zero attached hydrogens (tertiary/aromatic N) is 6. The maximum atomic E-state index is 15.2. The minimum Gasteiger partial charge on any atom is -0.380 e. The van der Waals surface area contributed by atoms with Crippen LogP contribution in [0.15, 0.2) is 64.0 Å². The second-order valence-corrected chi connectivity index (χ2v) is 10.6. The van der Waals surface area contributed by atoms with Crippen molar-refractivity contribution in [3.63, 3.8) is 0 Å². The Kier molecular flexibility index (Phi) is 5.55. The molecule has 0 aliphatic carbocycles. The Bertz CT molecular complexity index is 2010. The van der Waals surface area contributed by atoms with Crippen LogP contribution in [0.5, 0.6) is 0 Å². The zero-order valence-corrected chi connectivity index (χ0v) is 22.3. The summed E-state index contributed by atoms with van der Waals surface area (Å²) in [6.45, 7) is 2.00. The quantitative estimate of drug-likeness (QED) is 0.285. The standard InChI is InChI=1S/C27H19Cl2FN8O2/c1-12-6-16-7-14(18-10-15(28)3-5-19(18)37-11-21(29)34-36-37)9-22(39)38(16)24(12)27-32-23(25(30)33-27)13-2-4-17-20(8-13)40-35-26(17)31/h2-5,7-12,24H,6H2,1H3,(H2,31,35)(H,32,33)/t12-,24-/m0/s1. The predicted octanol–water partition coefficient (Wildman–Crippen LogP) is 5.44. The molecule has 0 unspecified atom stereocenters. The molecule has 4 aromatic heterocycles. The van der Waals surface area contributed by atoms with E-state index < -0.39 is 12.0 Å². The van der Waals surface area contributed by atoms with Crippen LogP contribution in [0.25, 0.3) is 39.0 Å². The highest BCUT2D eigenvalue weighted by Crippen LogP contribution is 2.38. The normalized spacial score (nSPS) is 16.6. The smallest absolute Gasteiger partial charge is 0.252 e. The van der Waals surface area contributed by atoms with E-state index in [2.05, 4.69) is 25.4 Å². The van der Waals surface area contributed by atoms with Gasteiger partial charge in [-0.05, 0) is 54.3 Å². The molecule has 2 atom stereocenters. The Morgan fingerprint density at radius 1 is 1.12 bits per heavy atom. The lowest BCUT2D eigenvalue weighted by molar-refractivity contribution is 0.445. The average molecular weight is 577 g/mol. The fourth-order valence-electron chi connectivity index (χ4n) is 5.46. The Morgan fingerprint density at radius 3 is 2.77 bits per heavy atom. The number of pyridine rings is 1. The van der Waals surface area contributed by atoms with Gasteiger partial charge in [-0.15, -0.1) is 5.10 Å². The van der Waals surface area contributed by atoms with Crippen molar-refractivity contribution in [1.82, 2.24) is 34.7 Å². The molecular formula is C27H19Cl2FN8O2. The third kappa shape index (κ3) is 3.89. The lowest BCUT2D eigenvalue weighted by Gasteiger charge is -2.17. The topological polar surface area (TPSA) is 133 Å². The number of rotatable bonds is 4.